The molecular formula is C31H21F6NO5. The smallest absolute Gasteiger partial charge is 0.416 e. The van der Waals surface area contributed by atoms with Crippen LogP contribution in [0, 0.1) is 17.8 Å². The normalized spacial score (nSPS) is 25.8. The van der Waals surface area contributed by atoms with E-state index >= 15 is 0 Å². The van der Waals surface area contributed by atoms with Gasteiger partial charge in [0.1, 0.15) is 5.75 Å². The predicted octanol–water partition coefficient (Wildman–Crippen LogP) is 6.06. The van der Waals surface area contributed by atoms with Gasteiger partial charge in [0.2, 0.25) is 11.8 Å². The molecule has 43 heavy (non-hydrogen) atoms. The predicted molar refractivity (Wildman–Crippen MR) is 138 cm³/mol. The van der Waals surface area contributed by atoms with Gasteiger partial charge in [-0.2, -0.15) is 26.3 Å². The first-order chi connectivity index (χ1) is 20.1. The quantitative estimate of drug-likeness (QED) is 0.196. The molecule has 1 heterocycles. The fourth-order valence-corrected chi connectivity index (χ4v) is 6.79. The Hall–Kier alpha value is -4.48. The van der Waals surface area contributed by atoms with Gasteiger partial charge < -0.3 is 5.11 Å². The lowest BCUT2D eigenvalue weighted by atomic mass is 9.59. The number of phenols is 1. The summed E-state index contributed by atoms with van der Waals surface area (Å²) in [5.74, 6) is -6.98. The van der Waals surface area contributed by atoms with Gasteiger partial charge in [0.15, 0.2) is 11.6 Å². The molecule has 2 amide bonds. The third kappa shape index (κ3) is 4.50. The van der Waals surface area contributed by atoms with E-state index in [0.717, 1.165) is 0 Å². The average molecular weight is 601 g/mol. The third-order valence-electron chi connectivity index (χ3n) is 8.60. The lowest BCUT2D eigenvalue weighted by Gasteiger charge is -2.42. The summed E-state index contributed by atoms with van der Waals surface area (Å²) >= 11 is 0. The van der Waals surface area contributed by atoms with Gasteiger partial charge in [-0.1, -0.05) is 23.8 Å². The van der Waals surface area contributed by atoms with Crippen LogP contribution in [0.3, 0.4) is 0 Å². The molecule has 0 bridgehead atoms. The molecule has 1 aliphatic heterocycles. The molecule has 222 valence electrons. The van der Waals surface area contributed by atoms with Gasteiger partial charge in [0.25, 0.3) is 0 Å². The van der Waals surface area contributed by atoms with Crippen molar-refractivity contribution in [2.45, 2.75) is 38.0 Å². The number of ketones is 2. The number of phenolic OH excluding ortho intramolecular Hbond substituents is 1. The van der Waals surface area contributed by atoms with Gasteiger partial charge in [-0.3, -0.25) is 19.2 Å². The molecule has 6 rings (SSSR count). The number of benzene rings is 2. The molecule has 0 saturated carbocycles. The van der Waals surface area contributed by atoms with Crippen LogP contribution in [-0.4, -0.2) is 28.5 Å². The number of anilines is 1. The Kier molecular flexibility index (Phi) is 6.34. The summed E-state index contributed by atoms with van der Waals surface area (Å²) in [5.41, 5.74) is -2.77. The highest BCUT2D eigenvalue weighted by Gasteiger charge is 2.57. The van der Waals surface area contributed by atoms with Gasteiger partial charge in [0.05, 0.1) is 28.7 Å². The lowest BCUT2D eigenvalue weighted by Crippen LogP contribution is -2.39. The number of imide groups is 1. The molecule has 1 saturated heterocycles. The zero-order valence-corrected chi connectivity index (χ0v) is 22.2. The number of fused-ring (bicyclic) bond motifs is 3. The molecule has 2 aromatic carbocycles. The van der Waals surface area contributed by atoms with Gasteiger partial charge in [-0.05, 0) is 67.7 Å². The van der Waals surface area contributed by atoms with Crippen molar-refractivity contribution in [1.82, 2.24) is 0 Å². The van der Waals surface area contributed by atoms with Crippen LogP contribution < -0.4 is 4.90 Å². The van der Waals surface area contributed by atoms with Crippen molar-refractivity contribution in [3.8, 4) is 5.75 Å². The van der Waals surface area contributed by atoms with Crippen LogP contribution in [-0.2, 0) is 31.5 Å². The van der Waals surface area contributed by atoms with Crippen molar-refractivity contribution in [2.24, 2.45) is 17.8 Å². The highest BCUT2D eigenvalue weighted by Crippen LogP contribution is 2.56. The van der Waals surface area contributed by atoms with Crippen LogP contribution in [0.5, 0.6) is 5.75 Å². The maximum absolute atomic E-state index is 13.9. The number of nitrogens with zero attached hydrogens (tertiary/aromatic N) is 1. The summed E-state index contributed by atoms with van der Waals surface area (Å²) in [7, 11) is 0. The number of carbonyl (C=O) groups excluding carboxylic acids is 4. The van der Waals surface area contributed by atoms with Gasteiger partial charge in [0, 0.05) is 22.6 Å². The second-order valence-corrected chi connectivity index (χ2v) is 11.1. The first kappa shape index (κ1) is 28.6. The molecule has 4 unspecified atom stereocenters. The zero-order chi connectivity index (χ0) is 31.2. The van der Waals surface area contributed by atoms with E-state index < -0.39 is 76.2 Å². The number of rotatable bonds is 2. The van der Waals surface area contributed by atoms with Crippen molar-refractivity contribution in [1.29, 1.82) is 0 Å². The molecule has 1 N–H and O–H groups in total. The van der Waals surface area contributed by atoms with E-state index in [-0.39, 0.29) is 41.4 Å². The Bertz CT molecular complexity index is 1700. The van der Waals surface area contributed by atoms with Crippen LogP contribution in [0.1, 0.15) is 42.4 Å². The topological polar surface area (TPSA) is 91.8 Å². The Labute approximate surface area is 240 Å². The molecule has 0 aromatic heterocycles. The molecule has 6 nitrogen and oxygen atoms in total. The van der Waals surface area contributed by atoms with E-state index in [9.17, 15) is 50.6 Å². The second-order valence-electron chi connectivity index (χ2n) is 11.1. The first-order valence-corrected chi connectivity index (χ1v) is 13.2. The van der Waals surface area contributed by atoms with Crippen molar-refractivity contribution in [3.05, 3.63) is 93.6 Å². The summed E-state index contributed by atoms with van der Waals surface area (Å²) in [6.07, 6.45) is -7.72. The summed E-state index contributed by atoms with van der Waals surface area (Å²) in [4.78, 5) is 54.3. The molecule has 0 spiro atoms. The summed E-state index contributed by atoms with van der Waals surface area (Å²) in [5, 5.41) is 10.2. The van der Waals surface area contributed by atoms with Gasteiger partial charge in [-0.15, -0.1) is 0 Å². The lowest BCUT2D eigenvalue weighted by molar-refractivity contribution is -0.143. The summed E-state index contributed by atoms with van der Waals surface area (Å²) in [6.45, 7) is 1.46. The number of carbonyl (C=O) groups is 4. The van der Waals surface area contributed by atoms with Crippen LogP contribution in [0.15, 0.2) is 76.9 Å². The van der Waals surface area contributed by atoms with E-state index in [0.29, 0.717) is 28.2 Å². The minimum absolute atomic E-state index is 0.0718. The number of allylic oxidation sites excluding steroid dienone is 6. The third-order valence-corrected chi connectivity index (χ3v) is 8.60. The molecular weight excluding hydrogens is 580 g/mol. The number of Topliss-reactive ketones (excluding diaryl/α,β-unsaturated/α-hetero) is 1. The molecule has 4 aliphatic rings. The molecule has 2 aromatic rings. The van der Waals surface area contributed by atoms with Crippen molar-refractivity contribution < 1.29 is 50.6 Å². The minimum Gasteiger partial charge on any atom is -0.508 e. The Morgan fingerprint density at radius 3 is 2.12 bits per heavy atom. The van der Waals surface area contributed by atoms with Crippen LogP contribution in [0.4, 0.5) is 32.0 Å². The highest BCUT2D eigenvalue weighted by molar-refractivity contribution is 6.25. The molecule has 3 aliphatic carbocycles. The standard InChI is InChI=1S/C31H21F6NO5/c1-13-7-23(40)26-22(27(13)41)12-21-19(24(26)14-3-2-4-18(39)8-14)5-6-20-25(21)29(43)38(28(20)42)17-10-15(30(32,33)34)9-16(11-17)31(35,36)37/h2-5,7-11,20-21,24-25,39H,6,12H2,1H3. The second kappa shape index (κ2) is 9.51. The van der Waals surface area contributed by atoms with Gasteiger partial charge >= 0.3 is 12.4 Å². The van der Waals surface area contributed by atoms with Crippen molar-refractivity contribution >= 4 is 29.1 Å². The molecule has 12 heteroatoms. The van der Waals surface area contributed by atoms with Crippen molar-refractivity contribution in [3.63, 3.8) is 0 Å². The maximum Gasteiger partial charge on any atom is 0.416 e. The van der Waals surface area contributed by atoms with Gasteiger partial charge in [-0.25, -0.2) is 4.90 Å². The fourth-order valence-electron chi connectivity index (χ4n) is 6.79. The number of halogens is 6. The van der Waals surface area contributed by atoms with Crippen LogP contribution in [0.25, 0.3) is 0 Å². The zero-order valence-electron chi connectivity index (χ0n) is 22.2. The number of aromatic hydroxyl groups is 1. The highest BCUT2D eigenvalue weighted by atomic mass is 19.4. The summed E-state index contributed by atoms with van der Waals surface area (Å²) in [6, 6.07) is 6.57. The summed E-state index contributed by atoms with van der Waals surface area (Å²) < 4.78 is 81.4. The van der Waals surface area contributed by atoms with Crippen LogP contribution >= 0.6 is 0 Å². The minimum atomic E-state index is -5.19. The molecule has 4 atom stereocenters. The Morgan fingerprint density at radius 1 is 0.860 bits per heavy atom. The Morgan fingerprint density at radius 2 is 1.51 bits per heavy atom. The van der Waals surface area contributed by atoms with E-state index in [4.69, 9.17) is 0 Å². The van der Waals surface area contributed by atoms with E-state index in [2.05, 4.69) is 0 Å². The molecule has 0 radical (unpaired) electrons. The molecule has 1 fully saturated rings. The SMILES string of the molecule is CC1=CC(=O)C2=C(CC3C(=CCC4C(=O)N(c5cc(C(F)(F)F)cc(C(F)(F)F)c5)C(=O)C43)C2c2cccc(O)c2)C1=O. The van der Waals surface area contributed by atoms with Crippen molar-refractivity contribution in [2.75, 3.05) is 4.90 Å². The van der Waals surface area contributed by atoms with Crippen LogP contribution in [0.2, 0.25) is 0 Å². The first-order valence-electron chi connectivity index (χ1n) is 13.2. The Balaban J connectivity index is 1.48. The number of alkyl halides is 6. The maximum atomic E-state index is 13.9. The number of hydrogen-bond acceptors (Lipinski definition) is 5. The van der Waals surface area contributed by atoms with E-state index in [1.807, 2.05) is 0 Å². The number of amides is 2. The van der Waals surface area contributed by atoms with E-state index in [1.54, 1.807) is 12.1 Å². The average Bonchev–Trinajstić information content (AvgIpc) is 3.19. The van der Waals surface area contributed by atoms with E-state index in [1.165, 1.54) is 31.2 Å². The monoisotopic (exact) mass is 601 g/mol. The fraction of sp³-hybridized carbons (Fsp3) is 0.290. The largest absolute Gasteiger partial charge is 0.508 e. The number of hydrogen-bond donors (Lipinski definition) is 1.